The molecule has 0 radical (unpaired) electrons. The summed E-state index contributed by atoms with van der Waals surface area (Å²) in [7, 11) is -3.53. The summed E-state index contributed by atoms with van der Waals surface area (Å²) in [6.07, 6.45) is 3.40. The number of aliphatic hydroxyl groups is 1. The molecule has 1 fully saturated rings. The first-order valence-electron chi connectivity index (χ1n) is 7.18. The van der Waals surface area contributed by atoms with E-state index in [1.807, 2.05) is 6.07 Å². The molecule has 0 aromatic heterocycles. The lowest BCUT2D eigenvalue weighted by atomic mass is 10.0. The van der Waals surface area contributed by atoms with Crippen molar-refractivity contribution in [2.75, 3.05) is 13.2 Å². The Morgan fingerprint density at radius 3 is 2.62 bits per heavy atom. The van der Waals surface area contributed by atoms with Gasteiger partial charge in [-0.3, -0.25) is 0 Å². The van der Waals surface area contributed by atoms with Crippen molar-refractivity contribution in [3.63, 3.8) is 0 Å². The second kappa shape index (κ2) is 7.03. The highest BCUT2D eigenvalue weighted by molar-refractivity contribution is 7.89. The summed E-state index contributed by atoms with van der Waals surface area (Å²) >= 11 is 0. The van der Waals surface area contributed by atoms with Crippen molar-refractivity contribution < 1.29 is 13.5 Å². The van der Waals surface area contributed by atoms with Crippen LogP contribution in [0.2, 0.25) is 0 Å². The van der Waals surface area contributed by atoms with Gasteiger partial charge in [0.2, 0.25) is 10.0 Å². The van der Waals surface area contributed by atoms with Gasteiger partial charge in [-0.15, -0.1) is 0 Å². The molecule has 1 aliphatic heterocycles. The fourth-order valence-corrected chi connectivity index (χ4v) is 4.46. The number of hydrogen-bond acceptors (Lipinski definition) is 4. The SMILES string of the molecule is N#CCc1ccc(S(=O)(=O)N2CCCCC2CCO)cc1. The van der Waals surface area contributed by atoms with Crippen LogP contribution >= 0.6 is 0 Å². The summed E-state index contributed by atoms with van der Waals surface area (Å²) in [5.41, 5.74) is 0.807. The van der Waals surface area contributed by atoms with Crippen LogP contribution in [0.3, 0.4) is 0 Å². The molecule has 0 spiro atoms. The maximum atomic E-state index is 12.7. The van der Waals surface area contributed by atoms with Gasteiger partial charge in [0, 0.05) is 19.2 Å². The predicted octanol–water partition coefficient (Wildman–Crippen LogP) is 1.68. The molecule has 6 heteroatoms. The minimum absolute atomic E-state index is 0.00219. The van der Waals surface area contributed by atoms with Crippen LogP contribution in [0.25, 0.3) is 0 Å². The van der Waals surface area contributed by atoms with Gasteiger partial charge in [-0.2, -0.15) is 9.57 Å². The van der Waals surface area contributed by atoms with Crippen molar-refractivity contribution >= 4 is 10.0 Å². The van der Waals surface area contributed by atoms with E-state index >= 15 is 0 Å². The number of sulfonamides is 1. The highest BCUT2D eigenvalue weighted by Gasteiger charge is 2.32. The molecule has 1 aromatic rings. The molecule has 0 bridgehead atoms. The first kappa shape index (κ1) is 16.0. The van der Waals surface area contributed by atoms with E-state index in [0.29, 0.717) is 13.0 Å². The molecule has 1 saturated heterocycles. The molecule has 1 atom stereocenters. The van der Waals surface area contributed by atoms with Crippen molar-refractivity contribution in [1.82, 2.24) is 4.31 Å². The topological polar surface area (TPSA) is 81.4 Å². The summed E-state index contributed by atoms with van der Waals surface area (Å²) in [5, 5.41) is 17.8. The Hall–Kier alpha value is -1.42. The Balaban J connectivity index is 2.25. The van der Waals surface area contributed by atoms with Gasteiger partial charge in [-0.1, -0.05) is 18.6 Å². The quantitative estimate of drug-likeness (QED) is 0.897. The molecule has 1 unspecified atom stereocenters. The van der Waals surface area contributed by atoms with Crippen LogP contribution in [0.1, 0.15) is 31.2 Å². The van der Waals surface area contributed by atoms with E-state index in [0.717, 1.165) is 24.8 Å². The molecule has 114 valence electrons. The number of aliphatic hydroxyl groups excluding tert-OH is 1. The second-order valence-electron chi connectivity index (χ2n) is 5.26. The average Bonchev–Trinajstić information content (AvgIpc) is 2.49. The number of hydrogen-bond donors (Lipinski definition) is 1. The van der Waals surface area contributed by atoms with Crippen molar-refractivity contribution in [2.24, 2.45) is 0 Å². The minimum Gasteiger partial charge on any atom is -0.396 e. The van der Waals surface area contributed by atoms with Crippen LogP contribution in [0.15, 0.2) is 29.2 Å². The summed E-state index contributed by atoms with van der Waals surface area (Å²) in [6.45, 7) is 0.505. The fourth-order valence-electron chi connectivity index (χ4n) is 2.73. The molecule has 0 aliphatic carbocycles. The number of nitrogens with zero attached hydrogens (tertiary/aromatic N) is 2. The van der Waals surface area contributed by atoms with Gasteiger partial charge in [-0.05, 0) is 37.0 Å². The molecule has 1 N–H and O–H groups in total. The molecule has 2 rings (SSSR count). The third kappa shape index (κ3) is 3.62. The standard InChI is InChI=1S/C15H20N2O3S/c16-10-8-13-4-6-15(7-5-13)21(19,20)17-11-2-1-3-14(17)9-12-18/h4-7,14,18H,1-3,8-9,11-12H2. The Morgan fingerprint density at radius 1 is 1.29 bits per heavy atom. The van der Waals surface area contributed by atoms with Crippen LogP contribution in [0, 0.1) is 11.3 Å². The van der Waals surface area contributed by atoms with E-state index in [-0.39, 0.29) is 24.0 Å². The average molecular weight is 308 g/mol. The van der Waals surface area contributed by atoms with Gasteiger partial charge in [0.25, 0.3) is 0 Å². The molecule has 21 heavy (non-hydrogen) atoms. The minimum atomic E-state index is -3.53. The van der Waals surface area contributed by atoms with E-state index < -0.39 is 10.0 Å². The summed E-state index contributed by atoms with van der Waals surface area (Å²) in [6, 6.07) is 8.41. The lowest BCUT2D eigenvalue weighted by Crippen LogP contribution is -2.44. The van der Waals surface area contributed by atoms with Crippen LogP contribution < -0.4 is 0 Å². The maximum Gasteiger partial charge on any atom is 0.243 e. The first-order chi connectivity index (χ1) is 10.1. The largest absolute Gasteiger partial charge is 0.396 e. The molecule has 0 amide bonds. The van der Waals surface area contributed by atoms with Crippen LogP contribution in [0.5, 0.6) is 0 Å². The number of piperidine rings is 1. The van der Waals surface area contributed by atoms with E-state index in [1.54, 1.807) is 24.3 Å². The Labute approximate surface area is 125 Å². The highest BCUT2D eigenvalue weighted by Crippen LogP contribution is 2.27. The van der Waals surface area contributed by atoms with Crippen molar-refractivity contribution in [3.05, 3.63) is 29.8 Å². The monoisotopic (exact) mass is 308 g/mol. The van der Waals surface area contributed by atoms with Crippen LogP contribution in [0.4, 0.5) is 0 Å². The predicted molar refractivity (Wildman–Crippen MR) is 79.0 cm³/mol. The zero-order valence-electron chi connectivity index (χ0n) is 11.9. The third-order valence-corrected chi connectivity index (χ3v) is 5.81. The van der Waals surface area contributed by atoms with Crippen LogP contribution in [-0.4, -0.2) is 37.0 Å². The molecule has 1 aromatic carbocycles. The molecule has 5 nitrogen and oxygen atoms in total. The van der Waals surface area contributed by atoms with Gasteiger partial charge in [0.05, 0.1) is 17.4 Å². The zero-order chi connectivity index (χ0) is 15.3. The van der Waals surface area contributed by atoms with Crippen molar-refractivity contribution in [2.45, 2.75) is 43.0 Å². The lowest BCUT2D eigenvalue weighted by Gasteiger charge is -2.34. The summed E-state index contributed by atoms with van der Waals surface area (Å²) in [4.78, 5) is 0.258. The smallest absolute Gasteiger partial charge is 0.243 e. The summed E-state index contributed by atoms with van der Waals surface area (Å²) in [5.74, 6) is 0. The van der Waals surface area contributed by atoms with Crippen molar-refractivity contribution in [3.8, 4) is 6.07 Å². The van der Waals surface area contributed by atoms with Gasteiger partial charge >= 0.3 is 0 Å². The Morgan fingerprint density at radius 2 is 2.00 bits per heavy atom. The normalized spacial score (nSPS) is 20.1. The molecular weight excluding hydrogens is 288 g/mol. The van der Waals surface area contributed by atoms with Gasteiger partial charge in [0.15, 0.2) is 0 Å². The van der Waals surface area contributed by atoms with Crippen LogP contribution in [-0.2, 0) is 16.4 Å². The Bertz CT molecular complexity index is 603. The van der Waals surface area contributed by atoms with E-state index in [9.17, 15) is 8.42 Å². The van der Waals surface area contributed by atoms with Crippen molar-refractivity contribution in [1.29, 1.82) is 5.26 Å². The number of benzene rings is 1. The number of nitriles is 1. The van der Waals surface area contributed by atoms with E-state index in [4.69, 9.17) is 10.4 Å². The fraction of sp³-hybridized carbons (Fsp3) is 0.533. The van der Waals surface area contributed by atoms with E-state index in [1.165, 1.54) is 4.31 Å². The maximum absolute atomic E-state index is 12.7. The highest BCUT2D eigenvalue weighted by atomic mass is 32.2. The zero-order valence-corrected chi connectivity index (χ0v) is 12.7. The van der Waals surface area contributed by atoms with E-state index in [2.05, 4.69) is 0 Å². The molecule has 1 aliphatic rings. The molecular formula is C15H20N2O3S. The molecule has 1 heterocycles. The third-order valence-electron chi connectivity index (χ3n) is 3.85. The van der Waals surface area contributed by atoms with Gasteiger partial charge < -0.3 is 5.11 Å². The van der Waals surface area contributed by atoms with Gasteiger partial charge in [-0.25, -0.2) is 8.42 Å². The first-order valence-corrected chi connectivity index (χ1v) is 8.62. The summed E-state index contributed by atoms with van der Waals surface area (Å²) < 4.78 is 27.0. The number of rotatable bonds is 5. The van der Waals surface area contributed by atoms with Gasteiger partial charge in [0.1, 0.15) is 0 Å². The molecule has 0 saturated carbocycles. The Kier molecular flexibility index (Phi) is 5.34. The second-order valence-corrected chi connectivity index (χ2v) is 7.15. The lowest BCUT2D eigenvalue weighted by molar-refractivity contribution is 0.192.